The van der Waals surface area contributed by atoms with E-state index < -0.39 is 0 Å². The normalized spacial score (nSPS) is 10.9. The van der Waals surface area contributed by atoms with Crippen LogP contribution in [0.3, 0.4) is 0 Å². The average molecular weight is 389 g/mol. The third-order valence-electron chi connectivity index (χ3n) is 4.42. The van der Waals surface area contributed by atoms with Crippen molar-refractivity contribution in [3.8, 4) is 22.9 Å². The Morgan fingerprint density at radius 1 is 1.18 bits per heavy atom. The Balaban J connectivity index is 2.05. The first-order valence-corrected chi connectivity index (χ1v) is 9.81. The number of amides is 1. The molecule has 1 amide bonds. The van der Waals surface area contributed by atoms with Crippen LogP contribution in [0.5, 0.6) is 11.5 Å². The molecule has 7 nitrogen and oxygen atoms in total. The van der Waals surface area contributed by atoms with Gasteiger partial charge < -0.3 is 18.9 Å². The Labute approximate surface area is 167 Å². The molecule has 0 aliphatic rings. The number of benzene rings is 1. The van der Waals surface area contributed by atoms with Crippen LogP contribution < -0.4 is 9.47 Å². The summed E-state index contributed by atoms with van der Waals surface area (Å²) in [7, 11) is 3.18. The van der Waals surface area contributed by atoms with E-state index >= 15 is 0 Å². The lowest BCUT2D eigenvalue weighted by Gasteiger charge is -2.22. The van der Waals surface area contributed by atoms with E-state index in [9.17, 15) is 4.79 Å². The lowest BCUT2D eigenvalue weighted by molar-refractivity contribution is -0.132. The molecule has 0 saturated heterocycles. The molecule has 0 spiro atoms. The van der Waals surface area contributed by atoms with Gasteiger partial charge in [0.05, 0.1) is 14.2 Å². The lowest BCUT2D eigenvalue weighted by atomic mass is 10.1. The highest BCUT2D eigenvalue weighted by molar-refractivity contribution is 5.76. The molecule has 154 valence electrons. The number of aromatic nitrogens is 2. The van der Waals surface area contributed by atoms with Crippen molar-refractivity contribution in [1.29, 1.82) is 0 Å². The third kappa shape index (κ3) is 5.97. The molecule has 0 atom stereocenters. The largest absolute Gasteiger partial charge is 0.493 e. The van der Waals surface area contributed by atoms with Gasteiger partial charge in [-0.1, -0.05) is 32.3 Å². The zero-order chi connectivity index (χ0) is 20.5. The van der Waals surface area contributed by atoms with Crippen molar-refractivity contribution in [2.45, 2.75) is 46.5 Å². The molecule has 1 aromatic carbocycles. The maximum atomic E-state index is 12.5. The first-order chi connectivity index (χ1) is 13.5. The monoisotopic (exact) mass is 389 g/mol. The van der Waals surface area contributed by atoms with Gasteiger partial charge in [0, 0.05) is 31.5 Å². The molecule has 0 N–H and O–H groups in total. The summed E-state index contributed by atoms with van der Waals surface area (Å²) < 4.78 is 16.0. The molecule has 0 saturated carbocycles. The molecule has 28 heavy (non-hydrogen) atoms. The minimum atomic E-state index is 0.183. The van der Waals surface area contributed by atoms with E-state index in [1.165, 1.54) is 0 Å². The van der Waals surface area contributed by atoms with Gasteiger partial charge in [-0.15, -0.1) is 0 Å². The van der Waals surface area contributed by atoms with E-state index in [1.807, 2.05) is 17.0 Å². The number of nitrogens with zero attached hydrogens (tertiary/aromatic N) is 3. The molecular weight excluding hydrogens is 358 g/mol. The van der Waals surface area contributed by atoms with Gasteiger partial charge in [-0.3, -0.25) is 4.79 Å². The van der Waals surface area contributed by atoms with Crippen molar-refractivity contribution >= 4 is 5.91 Å². The fourth-order valence-electron chi connectivity index (χ4n) is 2.87. The topological polar surface area (TPSA) is 77.7 Å². The number of unbranched alkanes of at least 4 members (excludes halogenated alkanes) is 1. The zero-order valence-electron chi connectivity index (χ0n) is 17.5. The molecule has 0 bridgehead atoms. The van der Waals surface area contributed by atoms with Gasteiger partial charge in [0.2, 0.25) is 17.6 Å². The third-order valence-corrected chi connectivity index (χ3v) is 4.42. The van der Waals surface area contributed by atoms with Crippen LogP contribution in [-0.4, -0.2) is 48.3 Å². The van der Waals surface area contributed by atoms with Crippen molar-refractivity contribution in [1.82, 2.24) is 15.0 Å². The van der Waals surface area contributed by atoms with Gasteiger partial charge in [-0.2, -0.15) is 4.98 Å². The van der Waals surface area contributed by atoms with Crippen molar-refractivity contribution < 1.29 is 18.8 Å². The number of carbonyl (C=O) groups is 1. The Morgan fingerprint density at radius 2 is 1.93 bits per heavy atom. The van der Waals surface area contributed by atoms with Gasteiger partial charge in [0.1, 0.15) is 0 Å². The second-order valence-corrected chi connectivity index (χ2v) is 7.16. The number of methoxy groups -OCH3 is 2. The number of rotatable bonds is 11. The van der Waals surface area contributed by atoms with Crippen LogP contribution in [0.2, 0.25) is 0 Å². The van der Waals surface area contributed by atoms with E-state index in [-0.39, 0.29) is 5.91 Å². The molecule has 2 aromatic rings. The highest BCUT2D eigenvalue weighted by atomic mass is 16.5. The summed E-state index contributed by atoms with van der Waals surface area (Å²) in [6.45, 7) is 7.59. The molecule has 2 rings (SSSR count). The molecule has 1 heterocycles. The van der Waals surface area contributed by atoms with Gasteiger partial charge >= 0.3 is 0 Å². The van der Waals surface area contributed by atoms with Crippen molar-refractivity contribution in [3.63, 3.8) is 0 Å². The lowest BCUT2D eigenvalue weighted by Crippen LogP contribution is -2.34. The molecule has 0 radical (unpaired) electrons. The summed E-state index contributed by atoms with van der Waals surface area (Å²) in [5, 5.41) is 4.06. The number of hydrogen-bond donors (Lipinski definition) is 0. The summed E-state index contributed by atoms with van der Waals surface area (Å²) in [6, 6.07) is 5.48. The predicted octanol–water partition coefficient (Wildman–Crippen LogP) is 3.97. The van der Waals surface area contributed by atoms with Crippen LogP contribution in [0.4, 0.5) is 0 Å². The van der Waals surface area contributed by atoms with Crippen molar-refractivity contribution in [3.05, 3.63) is 24.1 Å². The Hall–Kier alpha value is -2.57. The Bertz CT molecular complexity index is 758. The average Bonchev–Trinajstić information content (AvgIpc) is 3.15. The van der Waals surface area contributed by atoms with Crippen LogP contribution >= 0.6 is 0 Å². The zero-order valence-corrected chi connectivity index (χ0v) is 17.5. The van der Waals surface area contributed by atoms with Crippen LogP contribution in [-0.2, 0) is 11.2 Å². The number of ether oxygens (including phenoxy) is 2. The maximum absolute atomic E-state index is 12.5. The van der Waals surface area contributed by atoms with Crippen molar-refractivity contribution in [2.75, 3.05) is 27.3 Å². The van der Waals surface area contributed by atoms with Crippen LogP contribution in [0.1, 0.15) is 45.9 Å². The molecule has 0 aliphatic heterocycles. The maximum Gasteiger partial charge on any atom is 0.228 e. The highest BCUT2D eigenvalue weighted by Crippen LogP contribution is 2.31. The number of carbonyl (C=O) groups excluding carboxylic acids is 1. The van der Waals surface area contributed by atoms with E-state index in [0.29, 0.717) is 48.5 Å². The molecule has 1 aromatic heterocycles. The quantitative estimate of drug-likeness (QED) is 0.579. The number of hydrogen-bond acceptors (Lipinski definition) is 6. The second kappa shape index (κ2) is 10.7. The van der Waals surface area contributed by atoms with Gasteiger partial charge in [-0.25, -0.2) is 0 Å². The van der Waals surface area contributed by atoms with Gasteiger partial charge in [0.15, 0.2) is 11.5 Å². The van der Waals surface area contributed by atoms with Crippen LogP contribution in [0, 0.1) is 5.92 Å². The molecule has 0 aliphatic carbocycles. The van der Waals surface area contributed by atoms with E-state index in [2.05, 4.69) is 30.9 Å². The fraction of sp³-hybridized carbons (Fsp3) is 0.571. The van der Waals surface area contributed by atoms with E-state index in [0.717, 1.165) is 24.9 Å². The smallest absolute Gasteiger partial charge is 0.228 e. The van der Waals surface area contributed by atoms with Crippen molar-refractivity contribution in [2.24, 2.45) is 5.92 Å². The first-order valence-electron chi connectivity index (χ1n) is 9.81. The van der Waals surface area contributed by atoms with E-state index in [4.69, 9.17) is 14.0 Å². The summed E-state index contributed by atoms with van der Waals surface area (Å²) in [4.78, 5) is 18.9. The molecule has 0 unspecified atom stereocenters. The fourth-order valence-corrected chi connectivity index (χ4v) is 2.87. The van der Waals surface area contributed by atoms with E-state index in [1.54, 1.807) is 20.3 Å². The van der Waals surface area contributed by atoms with Gasteiger partial charge in [0.25, 0.3) is 0 Å². The minimum absolute atomic E-state index is 0.183. The Morgan fingerprint density at radius 3 is 2.57 bits per heavy atom. The SMILES string of the molecule is CCCCN(CCc1nc(-c2ccc(OC)c(OC)c2)no1)C(=O)CC(C)C. The summed E-state index contributed by atoms with van der Waals surface area (Å²) in [5.74, 6) is 2.79. The minimum Gasteiger partial charge on any atom is -0.493 e. The first kappa shape index (κ1) is 21.7. The van der Waals surface area contributed by atoms with Crippen LogP contribution in [0.15, 0.2) is 22.7 Å². The predicted molar refractivity (Wildman–Crippen MR) is 107 cm³/mol. The highest BCUT2D eigenvalue weighted by Gasteiger charge is 2.17. The molecule has 0 fully saturated rings. The second-order valence-electron chi connectivity index (χ2n) is 7.16. The van der Waals surface area contributed by atoms with Gasteiger partial charge in [-0.05, 0) is 30.5 Å². The van der Waals surface area contributed by atoms with Crippen LogP contribution in [0.25, 0.3) is 11.4 Å². The molecular formula is C21H31N3O4. The Kier molecular flexibility index (Phi) is 8.29. The molecule has 7 heteroatoms. The summed E-state index contributed by atoms with van der Waals surface area (Å²) in [6.07, 6.45) is 3.14. The summed E-state index contributed by atoms with van der Waals surface area (Å²) >= 11 is 0. The summed E-state index contributed by atoms with van der Waals surface area (Å²) in [5.41, 5.74) is 0.784. The standard InChI is InChI=1S/C21H31N3O4/c1-6-7-11-24(20(25)13-15(2)3)12-10-19-22-21(23-28-19)16-8-9-17(26-4)18(14-16)27-5/h8-9,14-15H,6-7,10-13H2,1-5H3.